The minimum Gasteiger partial charge on any atom is -0.504 e. The van der Waals surface area contributed by atoms with Gasteiger partial charge >= 0.3 is 0 Å². The van der Waals surface area contributed by atoms with E-state index in [9.17, 15) is 19.8 Å². The molecule has 10 nitrogen and oxygen atoms in total. The number of aromatic hydroxyl groups is 2. The molecule has 2 aromatic rings. The van der Waals surface area contributed by atoms with Crippen molar-refractivity contribution in [2.75, 3.05) is 14.2 Å². The molecule has 0 heterocycles. The van der Waals surface area contributed by atoms with Gasteiger partial charge in [0.05, 0.1) is 26.6 Å². The van der Waals surface area contributed by atoms with E-state index >= 15 is 0 Å². The van der Waals surface area contributed by atoms with Gasteiger partial charge in [0.15, 0.2) is 23.0 Å². The number of nitrogens with one attached hydrogen (secondary N) is 2. The molecule has 0 aliphatic heterocycles. The average molecular weight is 414 g/mol. The first-order valence-corrected chi connectivity index (χ1v) is 8.80. The van der Waals surface area contributed by atoms with Crippen LogP contribution in [0.25, 0.3) is 0 Å². The number of carbonyl (C=O) groups excluding carboxylic acids is 2. The normalized spacial score (nSPS) is 10.9. The Hall–Kier alpha value is -4.08. The van der Waals surface area contributed by atoms with Crippen LogP contribution in [0.3, 0.4) is 0 Å². The van der Waals surface area contributed by atoms with Gasteiger partial charge in [0, 0.05) is 12.8 Å². The van der Waals surface area contributed by atoms with E-state index in [1.165, 1.54) is 38.8 Å². The minimum absolute atomic E-state index is 0.0464. The molecule has 0 saturated heterocycles. The largest absolute Gasteiger partial charge is 0.504 e. The van der Waals surface area contributed by atoms with Crippen molar-refractivity contribution in [1.82, 2.24) is 10.9 Å². The average Bonchev–Trinajstić information content (AvgIpc) is 2.72. The van der Waals surface area contributed by atoms with Gasteiger partial charge in [-0.05, 0) is 47.5 Å². The summed E-state index contributed by atoms with van der Waals surface area (Å²) in [6, 6.07) is 9.31. The fourth-order valence-electron chi connectivity index (χ4n) is 2.27. The molecular formula is C20H22N4O6. The summed E-state index contributed by atoms with van der Waals surface area (Å²) in [7, 11) is 2.88. The molecule has 0 saturated carbocycles. The van der Waals surface area contributed by atoms with Gasteiger partial charge in [0.2, 0.25) is 11.8 Å². The first-order chi connectivity index (χ1) is 14.4. The highest BCUT2D eigenvalue weighted by Crippen LogP contribution is 2.26. The van der Waals surface area contributed by atoms with Crippen LogP contribution in [0, 0.1) is 0 Å². The zero-order chi connectivity index (χ0) is 21.9. The van der Waals surface area contributed by atoms with E-state index in [0.29, 0.717) is 22.6 Å². The zero-order valence-corrected chi connectivity index (χ0v) is 16.5. The van der Waals surface area contributed by atoms with E-state index in [0.717, 1.165) is 0 Å². The Bertz CT molecular complexity index is 881. The SMILES string of the molecule is COc1ccc(C=NNC(=O)CCC(=O)NN=Cc2ccc(OC)c(O)c2)cc1O. The topological polar surface area (TPSA) is 142 Å². The van der Waals surface area contributed by atoms with Crippen LogP contribution < -0.4 is 20.3 Å². The Morgan fingerprint density at radius 1 is 0.833 bits per heavy atom. The van der Waals surface area contributed by atoms with Gasteiger partial charge < -0.3 is 19.7 Å². The highest BCUT2D eigenvalue weighted by atomic mass is 16.5. The Labute approximate surface area is 172 Å². The van der Waals surface area contributed by atoms with Crippen molar-refractivity contribution in [2.45, 2.75) is 12.8 Å². The third-order valence-electron chi connectivity index (χ3n) is 3.79. The molecule has 0 unspecified atom stereocenters. The fourth-order valence-corrected chi connectivity index (χ4v) is 2.27. The number of carbonyl (C=O) groups is 2. The summed E-state index contributed by atoms with van der Waals surface area (Å²) in [6.07, 6.45) is 2.53. The highest BCUT2D eigenvalue weighted by Gasteiger charge is 2.06. The maximum atomic E-state index is 11.7. The highest BCUT2D eigenvalue weighted by molar-refractivity contribution is 5.87. The number of amides is 2. The molecule has 0 atom stereocenters. The lowest BCUT2D eigenvalue weighted by Crippen LogP contribution is -2.22. The molecule has 0 spiro atoms. The van der Waals surface area contributed by atoms with E-state index in [2.05, 4.69) is 21.1 Å². The number of rotatable bonds is 9. The van der Waals surface area contributed by atoms with Crippen LogP contribution in [0.1, 0.15) is 24.0 Å². The number of phenols is 2. The number of benzene rings is 2. The molecule has 10 heteroatoms. The second kappa shape index (κ2) is 11.1. The number of hydrazone groups is 2. The van der Waals surface area contributed by atoms with Crippen LogP contribution in [-0.4, -0.2) is 48.7 Å². The second-order valence-electron chi connectivity index (χ2n) is 5.95. The van der Waals surface area contributed by atoms with Crippen LogP contribution in [0.5, 0.6) is 23.0 Å². The monoisotopic (exact) mass is 414 g/mol. The number of ether oxygens (including phenoxy) is 2. The quantitative estimate of drug-likeness (QED) is 0.362. The molecule has 0 aromatic heterocycles. The second-order valence-corrected chi connectivity index (χ2v) is 5.95. The van der Waals surface area contributed by atoms with Crippen molar-refractivity contribution in [3.63, 3.8) is 0 Å². The maximum Gasteiger partial charge on any atom is 0.240 e. The summed E-state index contributed by atoms with van der Waals surface area (Å²) < 4.78 is 9.87. The predicted octanol–water partition coefficient (Wildman–Crippen LogP) is 1.50. The first kappa shape index (κ1) is 22.2. The van der Waals surface area contributed by atoms with Crippen LogP contribution >= 0.6 is 0 Å². The molecule has 2 rings (SSSR count). The maximum absolute atomic E-state index is 11.7. The van der Waals surface area contributed by atoms with E-state index in [4.69, 9.17) is 9.47 Å². The Balaban J connectivity index is 1.73. The van der Waals surface area contributed by atoms with Crippen molar-refractivity contribution in [2.24, 2.45) is 10.2 Å². The van der Waals surface area contributed by atoms with Gasteiger partial charge in [-0.15, -0.1) is 0 Å². The van der Waals surface area contributed by atoms with E-state index in [-0.39, 0.29) is 24.3 Å². The first-order valence-electron chi connectivity index (χ1n) is 8.80. The van der Waals surface area contributed by atoms with Crippen molar-refractivity contribution < 1.29 is 29.3 Å². The Morgan fingerprint density at radius 3 is 1.57 bits per heavy atom. The van der Waals surface area contributed by atoms with Gasteiger partial charge in [0.1, 0.15) is 0 Å². The number of nitrogens with zero attached hydrogens (tertiary/aromatic N) is 2. The number of hydrogen-bond donors (Lipinski definition) is 4. The summed E-state index contributed by atoms with van der Waals surface area (Å²) in [5.41, 5.74) is 5.71. The van der Waals surface area contributed by atoms with Gasteiger partial charge in [-0.3, -0.25) is 9.59 Å². The molecule has 0 aliphatic rings. The van der Waals surface area contributed by atoms with Crippen molar-refractivity contribution >= 4 is 24.2 Å². The van der Waals surface area contributed by atoms with Crippen molar-refractivity contribution in [3.8, 4) is 23.0 Å². The third-order valence-corrected chi connectivity index (χ3v) is 3.79. The minimum atomic E-state index is -0.455. The molecule has 0 radical (unpaired) electrons. The van der Waals surface area contributed by atoms with Crippen LogP contribution in [-0.2, 0) is 9.59 Å². The Kier molecular flexibility index (Phi) is 8.18. The van der Waals surface area contributed by atoms with E-state index in [1.54, 1.807) is 24.3 Å². The molecule has 0 bridgehead atoms. The van der Waals surface area contributed by atoms with Gasteiger partial charge in [-0.1, -0.05) is 0 Å². The lowest BCUT2D eigenvalue weighted by Gasteiger charge is -2.03. The molecule has 0 aliphatic carbocycles. The predicted molar refractivity (Wildman–Crippen MR) is 110 cm³/mol. The fraction of sp³-hybridized carbons (Fsp3) is 0.200. The molecule has 158 valence electrons. The number of methoxy groups -OCH3 is 2. The van der Waals surface area contributed by atoms with Crippen LogP contribution in [0.2, 0.25) is 0 Å². The molecule has 2 amide bonds. The van der Waals surface area contributed by atoms with Gasteiger partial charge in [-0.2, -0.15) is 10.2 Å². The van der Waals surface area contributed by atoms with Gasteiger partial charge in [-0.25, -0.2) is 10.9 Å². The number of phenolic OH excluding ortho intramolecular Hbond substituents is 2. The summed E-state index contributed by atoms with van der Waals surface area (Å²) in [5.74, 6) is -0.349. The summed E-state index contributed by atoms with van der Waals surface area (Å²) in [6.45, 7) is 0. The zero-order valence-electron chi connectivity index (χ0n) is 16.5. The Morgan fingerprint density at radius 2 is 1.23 bits per heavy atom. The lowest BCUT2D eigenvalue weighted by molar-refractivity contribution is -0.126. The summed E-state index contributed by atoms with van der Waals surface area (Å²) >= 11 is 0. The molecule has 30 heavy (non-hydrogen) atoms. The number of hydrogen-bond acceptors (Lipinski definition) is 8. The van der Waals surface area contributed by atoms with Crippen molar-refractivity contribution in [3.05, 3.63) is 47.5 Å². The molecule has 2 aromatic carbocycles. The molecular weight excluding hydrogens is 392 g/mol. The molecule has 4 N–H and O–H groups in total. The van der Waals surface area contributed by atoms with E-state index < -0.39 is 11.8 Å². The third kappa shape index (κ3) is 6.82. The van der Waals surface area contributed by atoms with Crippen LogP contribution in [0.15, 0.2) is 46.6 Å². The van der Waals surface area contributed by atoms with Crippen molar-refractivity contribution in [1.29, 1.82) is 0 Å². The lowest BCUT2D eigenvalue weighted by atomic mass is 10.2. The van der Waals surface area contributed by atoms with Crippen LogP contribution in [0.4, 0.5) is 0 Å². The summed E-state index contributed by atoms with van der Waals surface area (Å²) in [4.78, 5) is 23.5. The summed E-state index contributed by atoms with van der Waals surface area (Å²) in [5, 5.41) is 26.9. The smallest absolute Gasteiger partial charge is 0.240 e. The molecule has 0 fully saturated rings. The van der Waals surface area contributed by atoms with Gasteiger partial charge in [0.25, 0.3) is 0 Å². The standard InChI is InChI=1S/C20H22N4O6/c1-29-17-5-3-13(9-15(17)25)11-21-23-19(27)7-8-20(28)24-22-12-14-4-6-18(30-2)16(26)10-14/h3-6,9-12,25-26H,7-8H2,1-2H3,(H,23,27)(H,24,28). The van der Waals surface area contributed by atoms with E-state index in [1.807, 2.05) is 0 Å².